The van der Waals surface area contributed by atoms with Crippen molar-refractivity contribution in [2.45, 2.75) is 39.4 Å². The summed E-state index contributed by atoms with van der Waals surface area (Å²) in [4.78, 5) is 5.90. The van der Waals surface area contributed by atoms with E-state index in [0.717, 1.165) is 36.5 Å². The van der Waals surface area contributed by atoms with E-state index in [1.807, 2.05) is 32.0 Å². The average molecular weight is 445 g/mol. The van der Waals surface area contributed by atoms with Crippen LogP contribution in [-0.2, 0) is 11.3 Å². The van der Waals surface area contributed by atoms with Gasteiger partial charge in [-0.1, -0.05) is 12.1 Å². The minimum absolute atomic E-state index is 0.354. The van der Waals surface area contributed by atoms with Gasteiger partial charge in [0, 0.05) is 31.2 Å². The SMILES string of the molecule is CCNC(=NCc1ccc(C)cc1OCC1CCOC1)NCCCN(C)CC(F)(F)F. The predicted molar refractivity (Wildman–Crippen MR) is 117 cm³/mol. The average Bonchev–Trinajstić information content (AvgIpc) is 3.21. The molecule has 0 bridgehead atoms. The summed E-state index contributed by atoms with van der Waals surface area (Å²) >= 11 is 0. The van der Waals surface area contributed by atoms with Gasteiger partial charge < -0.3 is 20.1 Å². The molecular formula is C22H35F3N4O2. The largest absolute Gasteiger partial charge is 0.493 e. The number of hydrogen-bond acceptors (Lipinski definition) is 4. The molecule has 2 rings (SSSR count). The second-order valence-corrected chi connectivity index (χ2v) is 7.98. The van der Waals surface area contributed by atoms with Crippen molar-refractivity contribution in [2.75, 3.05) is 53.0 Å². The highest BCUT2D eigenvalue weighted by Crippen LogP contribution is 2.23. The third-order valence-corrected chi connectivity index (χ3v) is 4.93. The number of ether oxygens (including phenoxy) is 2. The van der Waals surface area contributed by atoms with Crippen LogP contribution in [0.1, 0.15) is 30.9 Å². The number of nitrogens with zero attached hydrogens (tertiary/aromatic N) is 2. The van der Waals surface area contributed by atoms with Crippen molar-refractivity contribution in [1.82, 2.24) is 15.5 Å². The molecule has 0 aromatic heterocycles. The topological polar surface area (TPSA) is 58.1 Å². The highest BCUT2D eigenvalue weighted by Gasteiger charge is 2.28. The fourth-order valence-electron chi connectivity index (χ4n) is 3.30. The van der Waals surface area contributed by atoms with Gasteiger partial charge >= 0.3 is 6.18 Å². The highest BCUT2D eigenvalue weighted by molar-refractivity contribution is 5.79. The number of aryl methyl sites for hydroxylation is 1. The summed E-state index contributed by atoms with van der Waals surface area (Å²) < 4.78 is 48.7. The molecule has 0 radical (unpaired) electrons. The summed E-state index contributed by atoms with van der Waals surface area (Å²) in [5.41, 5.74) is 2.12. The molecule has 1 atom stereocenters. The molecule has 9 heteroatoms. The molecule has 1 fully saturated rings. The van der Waals surface area contributed by atoms with Crippen LogP contribution < -0.4 is 15.4 Å². The lowest BCUT2D eigenvalue weighted by molar-refractivity contribution is -0.143. The zero-order chi connectivity index (χ0) is 22.7. The Balaban J connectivity index is 1.87. The molecule has 0 amide bonds. The van der Waals surface area contributed by atoms with E-state index >= 15 is 0 Å². The summed E-state index contributed by atoms with van der Waals surface area (Å²) in [5.74, 6) is 1.89. The van der Waals surface area contributed by atoms with Crippen molar-refractivity contribution < 1.29 is 22.6 Å². The molecule has 0 aliphatic carbocycles. The van der Waals surface area contributed by atoms with Crippen LogP contribution in [0.25, 0.3) is 0 Å². The molecule has 6 nitrogen and oxygen atoms in total. The quantitative estimate of drug-likeness (QED) is 0.312. The molecule has 1 aliphatic rings. The summed E-state index contributed by atoms with van der Waals surface area (Å²) in [6.07, 6.45) is -2.57. The minimum Gasteiger partial charge on any atom is -0.493 e. The number of guanidine groups is 1. The highest BCUT2D eigenvalue weighted by atomic mass is 19.4. The Bertz CT molecular complexity index is 692. The first-order valence-electron chi connectivity index (χ1n) is 10.8. The zero-order valence-corrected chi connectivity index (χ0v) is 18.7. The standard InChI is InChI=1S/C22H35F3N4O2/c1-4-26-21(27-9-5-10-29(3)16-22(23,24)25)28-13-19-7-6-17(2)12-20(19)31-15-18-8-11-30-14-18/h6-7,12,18H,4-5,8-11,13-16H2,1-3H3,(H2,26,27,28). The van der Waals surface area contributed by atoms with Crippen molar-refractivity contribution in [3.8, 4) is 5.75 Å². The maximum Gasteiger partial charge on any atom is 0.401 e. The Morgan fingerprint density at radius 1 is 1.32 bits per heavy atom. The van der Waals surface area contributed by atoms with Gasteiger partial charge in [0.1, 0.15) is 5.75 Å². The van der Waals surface area contributed by atoms with Crippen LogP contribution >= 0.6 is 0 Å². The van der Waals surface area contributed by atoms with Crippen LogP contribution in [0, 0.1) is 12.8 Å². The van der Waals surface area contributed by atoms with Gasteiger partial charge in [0.05, 0.1) is 26.3 Å². The van der Waals surface area contributed by atoms with E-state index in [4.69, 9.17) is 9.47 Å². The summed E-state index contributed by atoms with van der Waals surface area (Å²) in [6.45, 7) is 7.29. The molecule has 1 saturated heterocycles. The van der Waals surface area contributed by atoms with Gasteiger partial charge in [-0.25, -0.2) is 4.99 Å². The third-order valence-electron chi connectivity index (χ3n) is 4.93. The third kappa shape index (κ3) is 10.2. The maximum atomic E-state index is 12.4. The van der Waals surface area contributed by atoms with Gasteiger partial charge in [0.2, 0.25) is 0 Å². The van der Waals surface area contributed by atoms with E-state index in [-0.39, 0.29) is 0 Å². The monoisotopic (exact) mass is 444 g/mol. The van der Waals surface area contributed by atoms with Crippen LogP contribution in [0.3, 0.4) is 0 Å². The van der Waals surface area contributed by atoms with Crippen LogP contribution in [-0.4, -0.2) is 70.1 Å². The number of rotatable bonds is 11. The lowest BCUT2D eigenvalue weighted by atomic mass is 10.1. The Hall–Kier alpha value is -2.00. The number of hydrogen-bond donors (Lipinski definition) is 2. The Kier molecular flexibility index (Phi) is 10.4. The zero-order valence-electron chi connectivity index (χ0n) is 18.7. The van der Waals surface area contributed by atoms with Gasteiger partial charge in [-0.2, -0.15) is 13.2 Å². The Morgan fingerprint density at radius 3 is 2.81 bits per heavy atom. The number of nitrogens with one attached hydrogen (secondary N) is 2. The Labute approximate surface area is 183 Å². The van der Waals surface area contributed by atoms with Crippen LogP contribution in [0.5, 0.6) is 5.75 Å². The number of benzene rings is 1. The molecule has 1 aromatic carbocycles. The first-order valence-corrected chi connectivity index (χ1v) is 10.8. The van der Waals surface area contributed by atoms with Gasteiger partial charge in [-0.05, 0) is 51.9 Å². The van der Waals surface area contributed by atoms with Gasteiger partial charge in [-0.3, -0.25) is 4.90 Å². The van der Waals surface area contributed by atoms with Crippen molar-refractivity contribution in [3.63, 3.8) is 0 Å². The molecule has 2 N–H and O–H groups in total. The van der Waals surface area contributed by atoms with Gasteiger partial charge in [0.25, 0.3) is 0 Å². The van der Waals surface area contributed by atoms with Crippen molar-refractivity contribution in [2.24, 2.45) is 10.9 Å². The first kappa shape index (κ1) is 25.3. The Morgan fingerprint density at radius 2 is 2.13 bits per heavy atom. The van der Waals surface area contributed by atoms with Gasteiger partial charge in [0.15, 0.2) is 5.96 Å². The molecular weight excluding hydrogens is 409 g/mol. The summed E-state index contributed by atoms with van der Waals surface area (Å²) in [6, 6.07) is 6.08. The van der Waals surface area contributed by atoms with Crippen LogP contribution in [0.4, 0.5) is 13.2 Å². The van der Waals surface area contributed by atoms with E-state index in [0.29, 0.717) is 51.1 Å². The second-order valence-electron chi connectivity index (χ2n) is 7.98. The van der Waals surface area contributed by atoms with Gasteiger partial charge in [-0.15, -0.1) is 0 Å². The van der Waals surface area contributed by atoms with E-state index in [1.165, 1.54) is 11.9 Å². The second kappa shape index (κ2) is 12.8. The minimum atomic E-state index is -4.17. The fraction of sp³-hybridized carbons (Fsp3) is 0.682. The fourth-order valence-corrected chi connectivity index (χ4v) is 3.30. The molecule has 31 heavy (non-hydrogen) atoms. The smallest absolute Gasteiger partial charge is 0.401 e. The molecule has 1 aromatic rings. The molecule has 1 unspecified atom stereocenters. The number of alkyl halides is 3. The van der Waals surface area contributed by atoms with Crippen LogP contribution in [0.2, 0.25) is 0 Å². The molecule has 0 spiro atoms. The molecule has 176 valence electrons. The van der Waals surface area contributed by atoms with Crippen LogP contribution in [0.15, 0.2) is 23.2 Å². The molecule has 1 heterocycles. The molecule has 0 saturated carbocycles. The normalized spacial score (nSPS) is 17.3. The van der Waals surface area contributed by atoms with E-state index in [2.05, 4.69) is 15.6 Å². The van der Waals surface area contributed by atoms with Crippen molar-refractivity contribution >= 4 is 5.96 Å². The van der Waals surface area contributed by atoms with E-state index in [1.54, 1.807) is 0 Å². The van der Waals surface area contributed by atoms with Crippen molar-refractivity contribution in [1.29, 1.82) is 0 Å². The maximum absolute atomic E-state index is 12.4. The summed E-state index contributed by atoms with van der Waals surface area (Å²) in [5, 5.41) is 6.37. The predicted octanol–water partition coefficient (Wildman–Crippen LogP) is 3.35. The lowest BCUT2D eigenvalue weighted by Crippen LogP contribution is -2.39. The van der Waals surface area contributed by atoms with E-state index in [9.17, 15) is 13.2 Å². The number of aliphatic imine (C=N–C) groups is 1. The first-order chi connectivity index (χ1) is 14.8. The number of halogens is 3. The van der Waals surface area contributed by atoms with E-state index < -0.39 is 12.7 Å². The lowest BCUT2D eigenvalue weighted by Gasteiger charge is -2.19. The van der Waals surface area contributed by atoms with Crippen molar-refractivity contribution in [3.05, 3.63) is 29.3 Å². The molecule has 1 aliphatic heterocycles. The summed E-state index contributed by atoms with van der Waals surface area (Å²) in [7, 11) is 1.48.